The van der Waals surface area contributed by atoms with Crippen molar-refractivity contribution in [3.05, 3.63) is 58.5 Å². The van der Waals surface area contributed by atoms with Crippen LogP contribution in [0.2, 0.25) is 0 Å². The number of fused-ring (bicyclic) bond motifs is 2. The molecule has 230 valence electrons. The van der Waals surface area contributed by atoms with Gasteiger partial charge in [-0.1, -0.05) is 69.4 Å². The molecule has 2 unspecified atom stereocenters. The van der Waals surface area contributed by atoms with Crippen molar-refractivity contribution in [2.24, 2.45) is 17.3 Å². The van der Waals surface area contributed by atoms with Gasteiger partial charge in [0.15, 0.2) is 0 Å². The molecule has 2 N–H and O–H groups in total. The van der Waals surface area contributed by atoms with E-state index in [0.717, 1.165) is 18.4 Å². The maximum Gasteiger partial charge on any atom is 0.256 e. The van der Waals surface area contributed by atoms with Gasteiger partial charge in [0.1, 0.15) is 0 Å². The fourth-order valence-corrected chi connectivity index (χ4v) is 9.45. The van der Waals surface area contributed by atoms with Gasteiger partial charge < -0.3 is 24.8 Å². The molecular formula is C35H46N4O4. The van der Waals surface area contributed by atoms with Gasteiger partial charge in [0.2, 0.25) is 5.91 Å². The molecule has 2 spiro atoms. The summed E-state index contributed by atoms with van der Waals surface area (Å²) in [7, 11) is 0. The van der Waals surface area contributed by atoms with Crippen LogP contribution < -0.4 is 10.9 Å². The summed E-state index contributed by atoms with van der Waals surface area (Å²) in [5.74, 6) is 0.734. The van der Waals surface area contributed by atoms with E-state index in [0.29, 0.717) is 69.0 Å². The lowest BCUT2D eigenvalue weighted by atomic mass is 9.64. The summed E-state index contributed by atoms with van der Waals surface area (Å²) < 4.78 is 1.57. The quantitative estimate of drug-likeness (QED) is 0.564. The Morgan fingerprint density at radius 2 is 1.81 bits per heavy atom. The van der Waals surface area contributed by atoms with Gasteiger partial charge in [-0.3, -0.25) is 14.4 Å². The van der Waals surface area contributed by atoms with Gasteiger partial charge in [-0.15, -0.1) is 0 Å². The third kappa shape index (κ3) is 4.85. The second-order valence-electron chi connectivity index (χ2n) is 14.4. The summed E-state index contributed by atoms with van der Waals surface area (Å²) in [5, 5.41) is 16.2. The molecule has 4 bridgehead atoms. The van der Waals surface area contributed by atoms with Crippen LogP contribution in [0, 0.1) is 17.3 Å². The highest BCUT2D eigenvalue weighted by Gasteiger charge is 2.63. The number of hydrogen-bond donors (Lipinski definition) is 2. The van der Waals surface area contributed by atoms with Crippen molar-refractivity contribution in [2.75, 3.05) is 32.7 Å². The number of aromatic nitrogens is 1. The third-order valence-electron chi connectivity index (χ3n) is 11.8. The average Bonchev–Trinajstić information content (AvgIpc) is 3.38. The Hall–Kier alpha value is -2.97. The highest BCUT2D eigenvalue weighted by atomic mass is 16.3. The van der Waals surface area contributed by atoms with Crippen molar-refractivity contribution in [1.29, 1.82) is 0 Å². The second-order valence-corrected chi connectivity index (χ2v) is 14.4. The van der Waals surface area contributed by atoms with Crippen molar-refractivity contribution in [2.45, 2.75) is 88.8 Å². The first-order valence-corrected chi connectivity index (χ1v) is 16.6. The highest BCUT2D eigenvalue weighted by Crippen LogP contribution is 2.57. The number of carbonyl (C=O) groups excluding carboxylic acids is 2. The van der Waals surface area contributed by atoms with E-state index in [9.17, 15) is 19.5 Å². The molecule has 4 atom stereocenters. The first-order valence-electron chi connectivity index (χ1n) is 16.6. The monoisotopic (exact) mass is 586 g/mol. The Labute approximate surface area is 254 Å². The fourth-order valence-electron chi connectivity index (χ4n) is 9.45. The second kappa shape index (κ2) is 10.9. The number of rotatable bonds is 4. The van der Waals surface area contributed by atoms with Crippen LogP contribution in [0.4, 0.5) is 0 Å². The predicted octanol–water partition coefficient (Wildman–Crippen LogP) is 4.05. The Kier molecular flexibility index (Phi) is 7.28. The van der Waals surface area contributed by atoms with Crippen molar-refractivity contribution >= 4 is 11.8 Å². The van der Waals surface area contributed by atoms with Gasteiger partial charge >= 0.3 is 0 Å². The number of benzene rings is 1. The Bertz CT molecular complexity index is 1450. The maximum absolute atomic E-state index is 14.5. The van der Waals surface area contributed by atoms with E-state index in [2.05, 4.69) is 12.2 Å². The van der Waals surface area contributed by atoms with Crippen molar-refractivity contribution in [3.63, 3.8) is 0 Å². The van der Waals surface area contributed by atoms with E-state index in [-0.39, 0.29) is 29.8 Å². The smallest absolute Gasteiger partial charge is 0.256 e. The van der Waals surface area contributed by atoms with Gasteiger partial charge in [-0.05, 0) is 43.6 Å². The van der Waals surface area contributed by atoms with Crippen LogP contribution in [-0.2, 0) is 11.3 Å². The summed E-state index contributed by atoms with van der Waals surface area (Å²) in [6.07, 6.45) is 11.4. The number of pyridine rings is 1. The van der Waals surface area contributed by atoms with Crippen LogP contribution in [-0.4, -0.2) is 75.2 Å². The molecule has 1 aromatic heterocycles. The number of hydrogen-bond acceptors (Lipinski definition) is 5. The molecule has 8 heteroatoms. The van der Waals surface area contributed by atoms with Crippen LogP contribution in [0.15, 0.2) is 47.4 Å². The number of nitrogens with zero attached hydrogens (tertiary/aromatic N) is 3. The van der Waals surface area contributed by atoms with Crippen LogP contribution in [0.3, 0.4) is 0 Å². The predicted molar refractivity (Wildman–Crippen MR) is 166 cm³/mol. The summed E-state index contributed by atoms with van der Waals surface area (Å²) in [6.45, 7) is 5.12. The zero-order valence-corrected chi connectivity index (χ0v) is 25.5. The number of likely N-dealkylation sites (tertiary alicyclic amines) is 1. The van der Waals surface area contributed by atoms with Crippen LogP contribution in [0.1, 0.15) is 81.5 Å². The molecule has 2 saturated carbocycles. The molecule has 1 aromatic carbocycles. The minimum atomic E-state index is -1.17. The largest absolute Gasteiger partial charge is 0.387 e. The average molecular weight is 587 g/mol. The number of aliphatic hydroxyl groups is 1. The minimum Gasteiger partial charge on any atom is -0.387 e. The Morgan fingerprint density at radius 1 is 1.02 bits per heavy atom. The number of carbonyl (C=O) groups is 2. The molecule has 2 amide bonds. The van der Waals surface area contributed by atoms with Gasteiger partial charge in [0, 0.05) is 61.9 Å². The van der Waals surface area contributed by atoms with Crippen LogP contribution in [0.25, 0.3) is 11.1 Å². The summed E-state index contributed by atoms with van der Waals surface area (Å²) >= 11 is 0. The zero-order valence-electron chi connectivity index (χ0n) is 25.5. The van der Waals surface area contributed by atoms with Gasteiger partial charge in [-0.25, -0.2) is 0 Å². The van der Waals surface area contributed by atoms with Gasteiger partial charge in [0.05, 0.1) is 23.2 Å². The molecular weight excluding hydrogens is 540 g/mol. The molecule has 0 radical (unpaired) electrons. The van der Waals surface area contributed by atoms with E-state index >= 15 is 0 Å². The Balaban J connectivity index is 1.26. The Morgan fingerprint density at radius 3 is 2.60 bits per heavy atom. The molecule has 7 rings (SSSR count). The minimum absolute atomic E-state index is 0.0364. The third-order valence-corrected chi connectivity index (χ3v) is 11.8. The lowest BCUT2D eigenvalue weighted by molar-refractivity contribution is -0.166. The van der Waals surface area contributed by atoms with E-state index in [1.54, 1.807) is 16.8 Å². The molecule has 2 aromatic rings. The van der Waals surface area contributed by atoms with Crippen molar-refractivity contribution in [1.82, 2.24) is 19.7 Å². The molecule has 2 saturated heterocycles. The number of nitrogens with one attached hydrogen (secondary N) is 1. The SMILES string of the molecule is C[C@H](CC1CCCCC1)C(=O)N1CC[C@@]2(O)Cn3cc(c(-c4ccccc4)cc3=O)C(=O)N3CCNCC34CCC2(C1)C4. The lowest BCUT2D eigenvalue weighted by Gasteiger charge is -2.55. The van der Waals surface area contributed by atoms with E-state index in [1.165, 1.54) is 32.1 Å². The van der Waals surface area contributed by atoms with E-state index in [4.69, 9.17) is 0 Å². The molecule has 5 aliphatic rings. The molecule has 4 fully saturated rings. The van der Waals surface area contributed by atoms with E-state index < -0.39 is 16.6 Å². The lowest BCUT2D eigenvalue weighted by Crippen LogP contribution is -2.67. The molecule has 2 aliphatic carbocycles. The van der Waals surface area contributed by atoms with Gasteiger partial charge in [-0.2, -0.15) is 0 Å². The van der Waals surface area contributed by atoms with Crippen molar-refractivity contribution < 1.29 is 14.7 Å². The summed E-state index contributed by atoms with van der Waals surface area (Å²) in [6, 6.07) is 11.2. The van der Waals surface area contributed by atoms with Crippen LogP contribution in [0.5, 0.6) is 0 Å². The first kappa shape index (κ1) is 28.8. The summed E-state index contributed by atoms with van der Waals surface area (Å²) in [4.78, 5) is 46.1. The molecule has 4 heterocycles. The fraction of sp³-hybridized carbons (Fsp3) is 0.629. The molecule has 43 heavy (non-hydrogen) atoms. The first-order chi connectivity index (χ1) is 20.7. The van der Waals surface area contributed by atoms with Gasteiger partial charge in [0.25, 0.3) is 11.5 Å². The normalized spacial score (nSPS) is 31.7. The zero-order chi connectivity index (χ0) is 29.8. The molecule has 3 aliphatic heterocycles. The topological polar surface area (TPSA) is 94.9 Å². The number of amides is 2. The standard InChI is InChI=1S/C35H46N4O4/c1-25(18-26-8-4-2-5-9-26)31(41)37-16-14-35(43)24-38-20-29(28(19-30(38)40)27-10-6-3-7-11-27)32(42)39-17-15-36-22-34(39)13-12-33(35,21-34)23-37/h3,6-7,10-11,19-20,25-26,36,43H,2,4-5,8-9,12-18,21-24H2,1H3/t25-,33?,34?,35-/m1/s1. The van der Waals surface area contributed by atoms with E-state index in [1.807, 2.05) is 40.1 Å². The number of piperazine rings is 1. The molecule has 8 nitrogen and oxygen atoms in total. The van der Waals surface area contributed by atoms with Crippen molar-refractivity contribution in [3.8, 4) is 11.1 Å². The maximum atomic E-state index is 14.5. The number of piperidine rings is 1. The summed E-state index contributed by atoms with van der Waals surface area (Å²) in [5.41, 5.74) is -0.440. The highest BCUT2D eigenvalue weighted by molar-refractivity contribution is 6.01. The van der Waals surface area contributed by atoms with Crippen LogP contribution >= 0.6 is 0 Å².